The summed E-state index contributed by atoms with van der Waals surface area (Å²) in [4.78, 5) is 0.352. The summed E-state index contributed by atoms with van der Waals surface area (Å²) in [5, 5.41) is 0.232. The zero-order chi connectivity index (χ0) is 43.9. The van der Waals surface area contributed by atoms with E-state index < -0.39 is 80.1 Å². The van der Waals surface area contributed by atoms with Crippen molar-refractivity contribution in [1.82, 2.24) is 0 Å². The van der Waals surface area contributed by atoms with Gasteiger partial charge in [0, 0.05) is 84.2 Å². The van der Waals surface area contributed by atoms with Crippen molar-refractivity contribution in [2.45, 2.75) is 77.1 Å². The van der Waals surface area contributed by atoms with Crippen LogP contribution in [0.2, 0.25) is 0 Å². The Morgan fingerprint density at radius 3 is 1.00 bits per heavy atom. The largest absolute Gasteiger partial charge is 0.380 e. The summed E-state index contributed by atoms with van der Waals surface area (Å²) in [6.45, 7) is 7.97. The Hall–Kier alpha value is -4.48. The Bertz CT molecular complexity index is 2830. The number of rotatable bonds is 4. The number of allylic oxidation sites excluding steroid dienone is 4. The molecule has 0 unspecified atom stereocenters. The van der Waals surface area contributed by atoms with Gasteiger partial charge < -0.3 is 0 Å². The first-order chi connectivity index (χ1) is 27.8. The molecule has 4 heterocycles. The van der Waals surface area contributed by atoms with Crippen LogP contribution in [0.15, 0.2) is 48.5 Å². The maximum absolute atomic E-state index is 15.8. The number of thiophene rings is 4. The first-order valence-electron chi connectivity index (χ1n) is 17.8. The predicted octanol–water partition coefficient (Wildman–Crippen LogP) is 15.2. The third-order valence-electron chi connectivity index (χ3n) is 10.9. The van der Waals surface area contributed by atoms with Crippen LogP contribution in [0.4, 0.5) is 52.7 Å². The van der Waals surface area contributed by atoms with Crippen molar-refractivity contribution in [3.05, 3.63) is 111 Å². The normalized spacial score (nSPS) is 19.6. The molecule has 0 spiro atoms. The fourth-order valence-corrected chi connectivity index (χ4v) is 12.4. The standard InChI is InChI=1S/C44H26F12S4/c1-19-27(57-21(3)31(19)35-37(41(49,50)43(53,54)39(35,45)46)33-23(5)59-29-17-9-7-13-25(29)33)15-11-12-16-28-20(2)32(22(4)58-28)36-38(42(51,52)44(55,56)40(36,47)48)34-24(6)60-30-18-10-8-14-26(30)34/h7-10,13-14,17-18H,1-6H3. The number of halogens is 12. The molecule has 0 radical (unpaired) electrons. The highest BCUT2D eigenvalue weighted by molar-refractivity contribution is 7.19. The summed E-state index contributed by atoms with van der Waals surface area (Å²) in [5.41, 5.74) is -7.96. The minimum Gasteiger partial charge on any atom is -0.194 e. The molecule has 6 aromatic rings. The molecule has 0 atom stereocenters. The van der Waals surface area contributed by atoms with Crippen LogP contribution in [0.5, 0.6) is 0 Å². The molecule has 0 fully saturated rings. The Morgan fingerprint density at radius 1 is 0.383 bits per heavy atom. The molecule has 0 bridgehead atoms. The predicted molar refractivity (Wildman–Crippen MR) is 218 cm³/mol. The molecule has 2 aliphatic rings. The van der Waals surface area contributed by atoms with Crippen LogP contribution in [0.1, 0.15) is 62.6 Å². The second kappa shape index (κ2) is 13.5. The molecule has 4 aromatic heterocycles. The van der Waals surface area contributed by atoms with Crippen LogP contribution in [0.3, 0.4) is 0 Å². The molecule has 0 saturated carbocycles. The summed E-state index contributed by atoms with van der Waals surface area (Å²) < 4.78 is 188. The third kappa shape index (κ3) is 5.45. The fraction of sp³-hybridized carbons (Fsp3) is 0.273. The lowest BCUT2D eigenvalue weighted by atomic mass is 9.91. The van der Waals surface area contributed by atoms with Gasteiger partial charge in [-0.25, -0.2) is 0 Å². The third-order valence-corrected chi connectivity index (χ3v) is 15.4. The van der Waals surface area contributed by atoms with Crippen LogP contribution in [0.25, 0.3) is 42.5 Å². The zero-order valence-electron chi connectivity index (χ0n) is 31.8. The summed E-state index contributed by atoms with van der Waals surface area (Å²) in [6.07, 6.45) is 0. The minimum absolute atomic E-state index is 0.000743. The molecule has 2 aliphatic carbocycles. The van der Waals surface area contributed by atoms with Crippen LogP contribution < -0.4 is 0 Å². The van der Waals surface area contributed by atoms with Crippen LogP contribution in [-0.2, 0) is 0 Å². The van der Waals surface area contributed by atoms with Gasteiger partial charge in [0.2, 0.25) is 0 Å². The quantitative estimate of drug-likeness (QED) is 0.122. The molecule has 0 aliphatic heterocycles. The van der Waals surface area contributed by atoms with Crippen molar-refractivity contribution < 1.29 is 52.7 Å². The number of benzene rings is 2. The monoisotopic (exact) mass is 910 g/mol. The van der Waals surface area contributed by atoms with Crippen molar-refractivity contribution >= 4 is 87.8 Å². The molecule has 2 aromatic carbocycles. The molecule has 0 nitrogen and oxygen atoms in total. The Labute approximate surface area is 350 Å². The smallest absolute Gasteiger partial charge is 0.194 e. The first kappa shape index (κ1) is 42.2. The number of fused-ring (bicyclic) bond motifs is 2. The number of aryl methyl sites for hydroxylation is 4. The van der Waals surface area contributed by atoms with Crippen LogP contribution >= 0.6 is 45.3 Å². The van der Waals surface area contributed by atoms with Gasteiger partial charge in [0.15, 0.2) is 0 Å². The number of alkyl halides is 12. The number of hydrogen-bond donors (Lipinski definition) is 0. The van der Waals surface area contributed by atoms with Gasteiger partial charge in [0.25, 0.3) is 0 Å². The van der Waals surface area contributed by atoms with E-state index in [1.165, 1.54) is 65.8 Å². The van der Waals surface area contributed by atoms with E-state index in [0.717, 1.165) is 45.3 Å². The highest BCUT2D eigenvalue weighted by Crippen LogP contribution is 2.68. The second-order valence-electron chi connectivity index (χ2n) is 14.5. The van der Waals surface area contributed by atoms with Gasteiger partial charge in [-0.1, -0.05) is 36.4 Å². The molecule has 8 rings (SSSR count). The van der Waals surface area contributed by atoms with Gasteiger partial charge >= 0.3 is 35.5 Å². The number of hydrogen-bond acceptors (Lipinski definition) is 4. The first-order valence-corrected chi connectivity index (χ1v) is 21.1. The maximum Gasteiger partial charge on any atom is 0.380 e. The average Bonchev–Trinajstić information content (AvgIpc) is 3.88. The van der Waals surface area contributed by atoms with Crippen molar-refractivity contribution in [2.75, 3.05) is 0 Å². The molecule has 0 saturated heterocycles. The van der Waals surface area contributed by atoms with Crippen molar-refractivity contribution in [3.8, 4) is 23.7 Å². The molecular formula is C44H26F12S4. The summed E-state index contributed by atoms with van der Waals surface area (Å²) >= 11 is 3.57. The average molecular weight is 911 g/mol. The lowest BCUT2D eigenvalue weighted by Gasteiger charge is -2.26. The lowest BCUT2D eigenvalue weighted by molar-refractivity contribution is -0.254. The molecule has 60 heavy (non-hydrogen) atoms. The summed E-state index contributed by atoms with van der Waals surface area (Å²) in [7, 11) is 0. The van der Waals surface area contributed by atoms with E-state index in [-0.39, 0.29) is 51.2 Å². The van der Waals surface area contributed by atoms with Gasteiger partial charge in [0.05, 0.1) is 9.75 Å². The van der Waals surface area contributed by atoms with Gasteiger partial charge in [-0.15, -0.1) is 45.3 Å². The van der Waals surface area contributed by atoms with Gasteiger partial charge in [-0.2, -0.15) is 52.7 Å². The second-order valence-corrected chi connectivity index (χ2v) is 19.4. The summed E-state index contributed by atoms with van der Waals surface area (Å²) in [6, 6.07) is 12.1. The van der Waals surface area contributed by atoms with E-state index in [1.807, 2.05) is 0 Å². The Balaban J connectivity index is 1.24. The van der Waals surface area contributed by atoms with E-state index in [0.29, 0.717) is 9.40 Å². The minimum atomic E-state index is -5.78. The Kier molecular flexibility index (Phi) is 9.51. The van der Waals surface area contributed by atoms with Crippen molar-refractivity contribution in [2.24, 2.45) is 0 Å². The van der Waals surface area contributed by atoms with Gasteiger partial charge in [-0.3, -0.25) is 0 Å². The fourth-order valence-electron chi connectivity index (χ4n) is 8.19. The van der Waals surface area contributed by atoms with E-state index in [2.05, 4.69) is 23.7 Å². The van der Waals surface area contributed by atoms with Crippen LogP contribution in [-0.4, -0.2) is 35.5 Å². The molecule has 0 N–H and O–H groups in total. The van der Waals surface area contributed by atoms with E-state index in [9.17, 15) is 0 Å². The molecule has 16 heteroatoms. The van der Waals surface area contributed by atoms with Gasteiger partial charge in [0.1, 0.15) is 0 Å². The van der Waals surface area contributed by atoms with E-state index in [1.54, 1.807) is 24.3 Å². The molecule has 310 valence electrons. The summed E-state index contributed by atoms with van der Waals surface area (Å²) in [5.74, 6) is -22.5. The zero-order valence-corrected chi connectivity index (χ0v) is 35.1. The highest BCUT2D eigenvalue weighted by atomic mass is 32.1. The van der Waals surface area contributed by atoms with E-state index >= 15 is 52.7 Å². The molecule has 0 amide bonds. The lowest BCUT2D eigenvalue weighted by Crippen LogP contribution is -2.49. The van der Waals surface area contributed by atoms with Crippen LogP contribution in [0, 0.1) is 65.2 Å². The van der Waals surface area contributed by atoms with Crippen molar-refractivity contribution in [1.29, 1.82) is 0 Å². The Morgan fingerprint density at radius 2 is 0.667 bits per heavy atom. The van der Waals surface area contributed by atoms with E-state index in [4.69, 9.17) is 0 Å². The topological polar surface area (TPSA) is 0 Å². The highest BCUT2D eigenvalue weighted by Gasteiger charge is 2.82. The maximum atomic E-state index is 15.8. The van der Waals surface area contributed by atoms with Gasteiger partial charge in [-0.05, 0) is 88.5 Å². The van der Waals surface area contributed by atoms with Crippen molar-refractivity contribution in [3.63, 3.8) is 0 Å². The SMILES string of the molecule is Cc1sc(C#CC#Cc2sc(C)c(C3=C(c4c(C)sc5ccccc45)C(F)(F)C(F)(F)C3(F)F)c2C)c(C)c1C1=C(c2c(C)sc3ccccc23)C(F)(F)C(F)(F)C1(F)F. The molecular weight excluding hydrogens is 885 g/mol.